The lowest BCUT2D eigenvalue weighted by Crippen LogP contribution is -2.16. The zero-order valence-corrected chi connectivity index (χ0v) is 8.59. The van der Waals surface area contributed by atoms with Gasteiger partial charge in [0.15, 0.2) is 0 Å². The van der Waals surface area contributed by atoms with Gasteiger partial charge in [-0.2, -0.15) is 0 Å². The van der Waals surface area contributed by atoms with Crippen molar-refractivity contribution in [1.29, 1.82) is 0 Å². The van der Waals surface area contributed by atoms with E-state index in [-0.39, 0.29) is 0 Å². The van der Waals surface area contributed by atoms with Crippen molar-refractivity contribution >= 4 is 11.3 Å². The van der Waals surface area contributed by atoms with Gasteiger partial charge in [-0.15, -0.1) is 11.3 Å². The van der Waals surface area contributed by atoms with Crippen molar-refractivity contribution in [2.45, 2.75) is 13.0 Å². The molecule has 0 aliphatic carbocycles. The van der Waals surface area contributed by atoms with Crippen LogP contribution < -0.4 is 5.32 Å². The molecular formula is C10H12N2OS. The highest BCUT2D eigenvalue weighted by Crippen LogP contribution is 2.04. The standard InChI is InChI=1S/C10H12N2OS/c1(10-12-4-6-14-10)3-11-7-9-2-5-13-8-9/h2,4-6,8,11H,1,3,7H2. The molecule has 0 atom stereocenters. The molecule has 3 nitrogen and oxygen atoms in total. The summed E-state index contributed by atoms with van der Waals surface area (Å²) in [4.78, 5) is 4.21. The Hall–Kier alpha value is -1.13. The van der Waals surface area contributed by atoms with Crippen LogP contribution in [0.15, 0.2) is 34.6 Å². The third-order valence-corrected chi connectivity index (χ3v) is 2.75. The fourth-order valence-electron chi connectivity index (χ4n) is 1.20. The number of aromatic nitrogens is 1. The number of thiazole rings is 1. The molecule has 0 spiro atoms. The van der Waals surface area contributed by atoms with Crippen molar-refractivity contribution in [1.82, 2.24) is 10.3 Å². The van der Waals surface area contributed by atoms with Gasteiger partial charge >= 0.3 is 0 Å². The number of rotatable bonds is 5. The van der Waals surface area contributed by atoms with E-state index in [0.717, 1.165) is 19.5 Å². The average molecular weight is 208 g/mol. The summed E-state index contributed by atoms with van der Waals surface area (Å²) >= 11 is 1.70. The smallest absolute Gasteiger partial charge is 0.0947 e. The summed E-state index contributed by atoms with van der Waals surface area (Å²) < 4.78 is 4.97. The summed E-state index contributed by atoms with van der Waals surface area (Å²) in [6, 6.07) is 1.97. The third kappa shape index (κ3) is 2.68. The van der Waals surface area contributed by atoms with Crippen molar-refractivity contribution in [3.8, 4) is 0 Å². The second kappa shape index (κ2) is 4.93. The van der Waals surface area contributed by atoms with E-state index in [2.05, 4.69) is 10.3 Å². The van der Waals surface area contributed by atoms with E-state index >= 15 is 0 Å². The molecule has 0 aliphatic heterocycles. The summed E-state index contributed by atoms with van der Waals surface area (Å²) in [5.74, 6) is 0. The Morgan fingerprint density at radius 3 is 3.21 bits per heavy atom. The molecule has 2 heterocycles. The Bertz CT molecular complexity index is 306. The molecule has 14 heavy (non-hydrogen) atoms. The second-order valence-corrected chi connectivity index (χ2v) is 3.96. The Labute approximate surface area is 86.8 Å². The second-order valence-electron chi connectivity index (χ2n) is 2.98. The van der Waals surface area contributed by atoms with Gasteiger partial charge in [0.1, 0.15) is 0 Å². The maximum Gasteiger partial charge on any atom is 0.0947 e. The van der Waals surface area contributed by atoms with Crippen LogP contribution in [-0.2, 0) is 13.0 Å². The van der Waals surface area contributed by atoms with Crippen LogP contribution in [0.25, 0.3) is 0 Å². The zero-order chi connectivity index (χ0) is 9.64. The van der Waals surface area contributed by atoms with Gasteiger partial charge in [0.05, 0.1) is 17.5 Å². The normalized spacial score (nSPS) is 10.6. The quantitative estimate of drug-likeness (QED) is 0.764. The lowest BCUT2D eigenvalue weighted by molar-refractivity contribution is 0.560. The molecule has 0 unspecified atom stereocenters. The van der Waals surface area contributed by atoms with E-state index < -0.39 is 0 Å². The predicted molar refractivity (Wildman–Crippen MR) is 56.2 cm³/mol. The van der Waals surface area contributed by atoms with Gasteiger partial charge < -0.3 is 9.73 Å². The monoisotopic (exact) mass is 208 g/mol. The molecule has 0 aromatic carbocycles. The molecule has 2 aromatic heterocycles. The van der Waals surface area contributed by atoms with Crippen LogP contribution in [0.1, 0.15) is 10.6 Å². The SMILES string of the molecule is c1csc(CCNCc2ccoc2)n1. The number of hydrogen-bond acceptors (Lipinski definition) is 4. The van der Waals surface area contributed by atoms with Crippen LogP contribution in [0.3, 0.4) is 0 Å². The number of nitrogens with one attached hydrogen (secondary N) is 1. The molecule has 2 aromatic rings. The minimum absolute atomic E-state index is 0.863. The van der Waals surface area contributed by atoms with Crippen LogP contribution in [0.2, 0.25) is 0 Å². The van der Waals surface area contributed by atoms with E-state index in [1.807, 2.05) is 17.6 Å². The topological polar surface area (TPSA) is 38.1 Å². The molecule has 0 aliphatic rings. The molecule has 0 saturated carbocycles. The van der Waals surface area contributed by atoms with E-state index in [1.54, 1.807) is 23.9 Å². The molecule has 1 N–H and O–H groups in total. The Balaban J connectivity index is 1.65. The maximum absolute atomic E-state index is 4.97. The largest absolute Gasteiger partial charge is 0.472 e. The van der Waals surface area contributed by atoms with Crippen molar-refractivity contribution in [3.63, 3.8) is 0 Å². The average Bonchev–Trinajstić information content (AvgIpc) is 2.86. The first-order valence-corrected chi connectivity index (χ1v) is 5.43. The first-order valence-electron chi connectivity index (χ1n) is 4.55. The molecule has 0 fully saturated rings. The van der Waals surface area contributed by atoms with Crippen molar-refractivity contribution in [2.75, 3.05) is 6.54 Å². The van der Waals surface area contributed by atoms with E-state index in [4.69, 9.17) is 4.42 Å². The van der Waals surface area contributed by atoms with Gasteiger partial charge in [-0.05, 0) is 6.07 Å². The van der Waals surface area contributed by atoms with Gasteiger partial charge in [-0.1, -0.05) is 0 Å². The van der Waals surface area contributed by atoms with Gasteiger partial charge in [0.2, 0.25) is 0 Å². The first kappa shape index (κ1) is 9.43. The lowest BCUT2D eigenvalue weighted by atomic mass is 10.3. The molecule has 2 rings (SSSR count). The predicted octanol–water partition coefficient (Wildman–Crippen LogP) is 2.07. The van der Waals surface area contributed by atoms with Crippen LogP contribution in [0.5, 0.6) is 0 Å². The molecule has 0 saturated heterocycles. The van der Waals surface area contributed by atoms with Crippen molar-refractivity contribution < 1.29 is 4.42 Å². The van der Waals surface area contributed by atoms with E-state index in [1.165, 1.54) is 10.6 Å². The number of furan rings is 1. The zero-order valence-electron chi connectivity index (χ0n) is 7.77. The highest BCUT2D eigenvalue weighted by atomic mass is 32.1. The minimum atomic E-state index is 0.863. The summed E-state index contributed by atoms with van der Waals surface area (Å²) in [5.41, 5.74) is 1.18. The number of nitrogens with zero attached hydrogens (tertiary/aromatic N) is 1. The summed E-state index contributed by atoms with van der Waals surface area (Å²) in [5, 5.41) is 6.52. The van der Waals surface area contributed by atoms with E-state index in [0.29, 0.717) is 0 Å². The summed E-state index contributed by atoms with van der Waals surface area (Å²) in [6.45, 7) is 1.82. The Kier molecular flexibility index (Phi) is 3.32. The van der Waals surface area contributed by atoms with E-state index in [9.17, 15) is 0 Å². The first-order chi connectivity index (χ1) is 6.95. The minimum Gasteiger partial charge on any atom is -0.472 e. The highest BCUT2D eigenvalue weighted by Gasteiger charge is 1.96. The molecule has 74 valence electrons. The molecule has 0 amide bonds. The summed E-state index contributed by atoms with van der Waals surface area (Å²) in [6.07, 6.45) is 6.29. The third-order valence-electron chi connectivity index (χ3n) is 1.91. The van der Waals surface area contributed by atoms with Crippen molar-refractivity contribution in [2.24, 2.45) is 0 Å². The van der Waals surface area contributed by atoms with Crippen LogP contribution >= 0.6 is 11.3 Å². The van der Waals surface area contributed by atoms with Crippen LogP contribution in [0.4, 0.5) is 0 Å². The highest BCUT2D eigenvalue weighted by molar-refractivity contribution is 7.09. The molecule has 0 radical (unpaired) electrons. The molecule has 4 heteroatoms. The fraction of sp³-hybridized carbons (Fsp3) is 0.300. The Morgan fingerprint density at radius 2 is 2.50 bits per heavy atom. The van der Waals surface area contributed by atoms with Gasteiger partial charge in [0, 0.05) is 36.7 Å². The Morgan fingerprint density at radius 1 is 1.50 bits per heavy atom. The van der Waals surface area contributed by atoms with Gasteiger partial charge in [0.25, 0.3) is 0 Å². The van der Waals surface area contributed by atoms with Crippen molar-refractivity contribution in [3.05, 3.63) is 40.7 Å². The maximum atomic E-state index is 4.97. The molecular weight excluding hydrogens is 196 g/mol. The molecule has 0 bridgehead atoms. The number of hydrogen-bond donors (Lipinski definition) is 1. The van der Waals surface area contributed by atoms with Gasteiger partial charge in [-0.25, -0.2) is 4.98 Å². The van der Waals surface area contributed by atoms with Gasteiger partial charge in [-0.3, -0.25) is 0 Å². The lowest BCUT2D eigenvalue weighted by Gasteiger charge is -1.99. The van der Waals surface area contributed by atoms with Crippen LogP contribution in [-0.4, -0.2) is 11.5 Å². The summed E-state index contributed by atoms with van der Waals surface area (Å²) in [7, 11) is 0. The van der Waals surface area contributed by atoms with Crippen LogP contribution in [0, 0.1) is 0 Å². The fourth-order valence-corrected chi connectivity index (χ4v) is 1.82.